The molecule has 1 heterocycles. The van der Waals surface area contributed by atoms with Crippen LogP contribution in [0.5, 0.6) is 5.75 Å². The molecule has 2 aromatic rings. The quantitative estimate of drug-likeness (QED) is 0.809. The van der Waals surface area contributed by atoms with Crippen molar-refractivity contribution in [2.45, 2.75) is 6.42 Å². The molecule has 0 aromatic heterocycles. The van der Waals surface area contributed by atoms with Crippen LogP contribution >= 0.6 is 0 Å². The summed E-state index contributed by atoms with van der Waals surface area (Å²) >= 11 is 0. The Morgan fingerprint density at radius 1 is 0.952 bits per heavy atom. The zero-order valence-corrected chi connectivity index (χ0v) is 11.7. The van der Waals surface area contributed by atoms with E-state index < -0.39 is 0 Å². The predicted octanol–water partition coefficient (Wildman–Crippen LogP) is 2.53. The lowest BCUT2D eigenvalue weighted by molar-refractivity contribution is 0.0656. The van der Waals surface area contributed by atoms with Gasteiger partial charge in [0.05, 0.1) is 18.2 Å². The fourth-order valence-corrected chi connectivity index (χ4v) is 2.49. The second-order valence-corrected chi connectivity index (χ2v) is 4.91. The minimum absolute atomic E-state index is 0.228. The monoisotopic (exact) mass is 281 g/mol. The van der Waals surface area contributed by atoms with Gasteiger partial charge in [-0.25, -0.2) is 0 Å². The van der Waals surface area contributed by atoms with Gasteiger partial charge < -0.3 is 4.74 Å². The molecule has 4 nitrogen and oxygen atoms in total. The van der Waals surface area contributed by atoms with E-state index >= 15 is 0 Å². The summed E-state index contributed by atoms with van der Waals surface area (Å²) in [6.07, 6.45) is 0.656. The molecule has 21 heavy (non-hydrogen) atoms. The van der Waals surface area contributed by atoms with Gasteiger partial charge in [0.1, 0.15) is 5.75 Å². The molecule has 0 atom stereocenters. The number of nitrogens with zero attached hydrogens (tertiary/aromatic N) is 1. The third-order valence-corrected chi connectivity index (χ3v) is 3.64. The van der Waals surface area contributed by atoms with Gasteiger partial charge in [-0.15, -0.1) is 0 Å². The molecule has 0 saturated carbocycles. The first-order valence-corrected chi connectivity index (χ1v) is 6.79. The molecule has 1 aliphatic heterocycles. The van der Waals surface area contributed by atoms with Crippen LogP contribution in [0, 0.1) is 0 Å². The van der Waals surface area contributed by atoms with Crippen molar-refractivity contribution in [3.63, 3.8) is 0 Å². The van der Waals surface area contributed by atoms with E-state index in [1.807, 2.05) is 30.3 Å². The Balaban J connectivity index is 1.80. The van der Waals surface area contributed by atoms with Crippen LogP contribution in [0.3, 0.4) is 0 Å². The van der Waals surface area contributed by atoms with Crippen LogP contribution in [-0.4, -0.2) is 30.4 Å². The molecule has 106 valence electrons. The summed E-state index contributed by atoms with van der Waals surface area (Å²) in [4.78, 5) is 25.9. The summed E-state index contributed by atoms with van der Waals surface area (Å²) in [6, 6.07) is 14.8. The smallest absolute Gasteiger partial charge is 0.261 e. The summed E-state index contributed by atoms with van der Waals surface area (Å²) in [6.45, 7) is 0.388. The van der Waals surface area contributed by atoms with Gasteiger partial charge in [-0.05, 0) is 30.2 Å². The summed E-state index contributed by atoms with van der Waals surface area (Å²) in [5.41, 5.74) is 1.98. The largest absolute Gasteiger partial charge is 0.497 e. The lowest BCUT2D eigenvalue weighted by Gasteiger charge is -2.13. The van der Waals surface area contributed by atoms with Gasteiger partial charge in [-0.2, -0.15) is 0 Å². The van der Waals surface area contributed by atoms with E-state index in [1.54, 1.807) is 18.2 Å². The molecular weight excluding hydrogens is 266 g/mol. The Kier molecular flexibility index (Phi) is 3.44. The number of ether oxygens (including phenoxy) is 1. The van der Waals surface area contributed by atoms with Gasteiger partial charge in [-0.3, -0.25) is 14.5 Å². The van der Waals surface area contributed by atoms with Gasteiger partial charge in [0.15, 0.2) is 0 Å². The molecule has 2 aromatic carbocycles. The molecule has 0 aliphatic carbocycles. The average molecular weight is 281 g/mol. The topological polar surface area (TPSA) is 46.6 Å². The lowest BCUT2D eigenvalue weighted by atomic mass is 10.1. The first-order chi connectivity index (χ1) is 10.2. The number of imide groups is 1. The SMILES string of the molecule is COc1ccc2c(c1)C(=O)N(CCc1ccccc1)C2=O. The highest BCUT2D eigenvalue weighted by atomic mass is 16.5. The summed E-state index contributed by atoms with van der Waals surface area (Å²) in [5.74, 6) is 0.109. The molecule has 1 aliphatic rings. The molecule has 0 spiro atoms. The van der Waals surface area contributed by atoms with E-state index in [2.05, 4.69) is 0 Å². The van der Waals surface area contributed by atoms with Crippen LogP contribution in [0.2, 0.25) is 0 Å². The summed E-state index contributed by atoms with van der Waals surface area (Å²) in [5, 5.41) is 0. The third kappa shape index (κ3) is 2.40. The van der Waals surface area contributed by atoms with Crippen LogP contribution in [0.25, 0.3) is 0 Å². The highest BCUT2D eigenvalue weighted by Gasteiger charge is 2.35. The van der Waals surface area contributed by atoms with E-state index in [0.717, 1.165) is 5.56 Å². The molecule has 3 rings (SSSR count). The first-order valence-electron chi connectivity index (χ1n) is 6.79. The van der Waals surface area contributed by atoms with Crippen molar-refractivity contribution in [1.29, 1.82) is 0 Å². The zero-order valence-electron chi connectivity index (χ0n) is 11.7. The van der Waals surface area contributed by atoms with Crippen LogP contribution in [0.4, 0.5) is 0 Å². The maximum Gasteiger partial charge on any atom is 0.261 e. The van der Waals surface area contributed by atoms with E-state index in [9.17, 15) is 9.59 Å². The van der Waals surface area contributed by atoms with Crippen LogP contribution in [0.15, 0.2) is 48.5 Å². The molecule has 0 N–H and O–H groups in total. The van der Waals surface area contributed by atoms with Gasteiger partial charge >= 0.3 is 0 Å². The first kappa shape index (κ1) is 13.4. The van der Waals surface area contributed by atoms with E-state index in [0.29, 0.717) is 29.8 Å². The summed E-state index contributed by atoms with van der Waals surface area (Å²) < 4.78 is 5.11. The van der Waals surface area contributed by atoms with Crippen molar-refractivity contribution in [3.05, 3.63) is 65.2 Å². The third-order valence-electron chi connectivity index (χ3n) is 3.64. The standard InChI is InChI=1S/C17H15NO3/c1-21-13-7-8-14-15(11-13)17(20)18(16(14)19)10-9-12-5-3-2-4-6-12/h2-8,11H,9-10H2,1H3. The van der Waals surface area contributed by atoms with Crippen molar-refractivity contribution in [3.8, 4) is 5.75 Å². The van der Waals surface area contributed by atoms with Crippen molar-refractivity contribution >= 4 is 11.8 Å². The van der Waals surface area contributed by atoms with Crippen molar-refractivity contribution < 1.29 is 14.3 Å². The number of rotatable bonds is 4. The molecule has 0 saturated heterocycles. The molecule has 0 unspecified atom stereocenters. The van der Waals surface area contributed by atoms with Crippen LogP contribution in [-0.2, 0) is 6.42 Å². The molecule has 0 radical (unpaired) electrons. The van der Waals surface area contributed by atoms with Crippen molar-refractivity contribution in [2.75, 3.05) is 13.7 Å². The maximum atomic E-state index is 12.3. The molecule has 2 amide bonds. The van der Waals surface area contributed by atoms with Crippen LogP contribution < -0.4 is 4.74 Å². The number of hydrogen-bond donors (Lipinski definition) is 0. The minimum atomic E-state index is -0.246. The maximum absolute atomic E-state index is 12.3. The number of carbonyl (C=O) groups excluding carboxylic acids is 2. The lowest BCUT2D eigenvalue weighted by Crippen LogP contribution is -2.31. The van der Waals surface area contributed by atoms with Crippen molar-refractivity contribution in [2.24, 2.45) is 0 Å². The Morgan fingerprint density at radius 3 is 2.38 bits per heavy atom. The van der Waals surface area contributed by atoms with Crippen molar-refractivity contribution in [1.82, 2.24) is 4.90 Å². The average Bonchev–Trinajstić information content (AvgIpc) is 2.77. The number of methoxy groups -OCH3 is 1. The van der Waals surface area contributed by atoms with E-state index in [1.165, 1.54) is 12.0 Å². The Bertz CT molecular complexity index is 694. The molecule has 4 heteroatoms. The van der Waals surface area contributed by atoms with Gasteiger partial charge in [0.2, 0.25) is 0 Å². The predicted molar refractivity (Wildman–Crippen MR) is 78.5 cm³/mol. The van der Waals surface area contributed by atoms with Gasteiger partial charge in [0, 0.05) is 6.54 Å². The van der Waals surface area contributed by atoms with Gasteiger partial charge in [-0.1, -0.05) is 30.3 Å². The highest BCUT2D eigenvalue weighted by Crippen LogP contribution is 2.26. The molecule has 0 fully saturated rings. The second kappa shape index (κ2) is 5.40. The Labute approximate surface area is 123 Å². The fraction of sp³-hybridized carbons (Fsp3) is 0.176. The summed E-state index contributed by atoms with van der Waals surface area (Å²) in [7, 11) is 1.54. The highest BCUT2D eigenvalue weighted by molar-refractivity contribution is 6.21. The number of fused-ring (bicyclic) bond motifs is 1. The number of hydrogen-bond acceptors (Lipinski definition) is 3. The van der Waals surface area contributed by atoms with Crippen LogP contribution in [0.1, 0.15) is 26.3 Å². The Hall–Kier alpha value is -2.62. The molecule has 0 bridgehead atoms. The minimum Gasteiger partial charge on any atom is -0.497 e. The molecular formula is C17H15NO3. The zero-order chi connectivity index (χ0) is 14.8. The second-order valence-electron chi connectivity index (χ2n) is 4.91. The Morgan fingerprint density at radius 2 is 1.67 bits per heavy atom. The number of benzene rings is 2. The number of carbonyl (C=O) groups is 2. The van der Waals surface area contributed by atoms with Gasteiger partial charge in [0.25, 0.3) is 11.8 Å². The van der Waals surface area contributed by atoms with E-state index in [-0.39, 0.29) is 11.8 Å². The fourth-order valence-electron chi connectivity index (χ4n) is 2.49. The number of amides is 2. The normalized spacial score (nSPS) is 13.5. The van der Waals surface area contributed by atoms with E-state index in [4.69, 9.17) is 4.74 Å².